The van der Waals surface area contributed by atoms with Crippen molar-refractivity contribution in [1.82, 2.24) is 0 Å². The van der Waals surface area contributed by atoms with Crippen LogP contribution in [0.3, 0.4) is 0 Å². The maximum absolute atomic E-state index is 10.1. The normalized spacial score (nSPS) is 41.1. The molecular weight excluding hydrogens is 264 g/mol. The zero-order valence-corrected chi connectivity index (χ0v) is 11.1. The third-order valence-electron chi connectivity index (χ3n) is 3.64. The quantitative estimate of drug-likeness (QED) is 0.806. The van der Waals surface area contributed by atoms with Gasteiger partial charge < -0.3 is 29.2 Å². The van der Waals surface area contributed by atoms with E-state index in [4.69, 9.17) is 18.9 Å². The van der Waals surface area contributed by atoms with Crippen molar-refractivity contribution >= 4 is 0 Å². The zero-order valence-electron chi connectivity index (χ0n) is 11.1. The molecule has 0 aliphatic carbocycles. The molecule has 0 spiro atoms. The fourth-order valence-electron chi connectivity index (χ4n) is 2.55. The summed E-state index contributed by atoms with van der Waals surface area (Å²) in [5.41, 5.74) is 0.863. The monoisotopic (exact) mass is 282 g/mol. The highest BCUT2D eigenvalue weighted by Crippen LogP contribution is 2.33. The van der Waals surface area contributed by atoms with Gasteiger partial charge in [0.25, 0.3) is 0 Å². The molecule has 6 atom stereocenters. The fourth-order valence-corrected chi connectivity index (χ4v) is 2.55. The standard InChI is InChI=1S/C14H18O6/c1-17-14-11(16)10(15)12-9(19-14)7-18-13(20-12)8-5-3-2-4-6-8/h2-6,9-16H,7H2,1H3/t9?,10-,11-,12?,13-,14+/m0/s1. The molecule has 6 nitrogen and oxygen atoms in total. The zero-order chi connectivity index (χ0) is 14.1. The molecule has 2 aliphatic heterocycles. The van der Waals surface area contributed by atoms with E-state index in [1.54, 1.807) is 0 Å². The molecule has 110 valence electrons. The van der Waals surface area contributed by atoms with Gasteiger partial charge in [-0.3, -0.25) is 0 Å². The van der Waals surface area contributed by atoms with E-state index < -0.39 is 37.0 Å². The number of rotatable bonds is 2. The summed E-state index contributed by atoms with van der Waals surface area (Å²) in [6.07, 6.45) is -4.76. The molecule has 0 aromatic heterocycles. The van der Waals surface area contributed by atoms with Crippen molar-refractivity contribution in [2.45, 2.75) is 37.0 Å². The summed E-state index contributed by atoms with van der Waals surface area (Å²) in [5, 5.41) is 20.1. The highest BCUT2D eigenvalue weighted by atomic mass is 16.7. The lowest BCUT2D eigenvalue weighted by molar-refractivity contribution is -0.358. The summed E-state index contributed by atoms with van der Waals surface area (Å²) in [7, 11) is 1.41. The van der Waals surface area contributed by atoms with Gasteiger partial charge in [0, 0.05) is 12.7 Å². The molecule has 20 heavy (non-hydrogen) atoms. The van der Waals surface area contributed by atoms with Gasteiger partial charge in [0.2, 0.25) is 0 Å². The van der Waals surface area contributed by atoms with Crippen molar-refractivity contribution < 1.29 is 29.2 Å². The van der Waals surface area contributed by atoms with Gasteiger partial charge in [-0.05, 0) is 0 Å². The Hall–Kier alpha value is -1.02. The van der Waals surface area contributed by atoms with Crippen molar-refractivity contribution in [2.24, 2.45) is 0 Å². The molecule has 2 aliphatic rings. The van der Waals surface area contributed by atoms with E-state index in [1.807, 2.05) is 30.3 Å². The van der Waals surface area contributed by atoms with E-state index in [0.29, 0.717) is 0 Å². The number of aliphatic hydroxyl groups excluding tert-OH is 2. The van der Waals surface area contributed by atoms with Gasteiger partial charge >= 0.3 is 0 Å². The van der Waals surface area contributed by atoms with Crippen molar-refractivity contribution in [3.63, 3.8) is 0 Å². The van der Waals surface area contributed by atoms with Gasteiger partial charge in [-0.2, -0.15) is 0 Å². The first-order chi connectivity index (χ1) is 9.70. The van der Waals surface area contributed by atoms with Crippen molar-refractivity contribution in [3.05, 3.63) is 35.9 Å². The molecule has 2 N–H and O–H groups in total. The van der Waals surface area contributed by atoms with Crippen LogP contribution in [0.4, 0.5) is 0 Å². The summed E-state index contributed by atoms with van der Waals surface area (Å²) < 4.78 is 21.9. The van der Waals surface area contributed by atoms with E-state index in [9.17, 15) is 10.2 Å². The number of ether oxygens (including phenoxy) is 4. The van der Waals surface area contributed by atoms with Gasteiger partial charge in [-0.25, -0.2) is 0 Å². The summed E-state index contributed by atoms with van der Waals surface area (Å²) in [4.78, 5) is 0. The number of hydrogen-bond donors (Lipinski definition) is 2. The van der Waals surface area contributed by atoms with Crippen molar-refractivity contribution in [1.29, 1.82) is 0 Å². The Morgan fingerprint density at radius 3 is 2.55 bits per heavy atom. The van der Waals surface area contributed by atoms with Crippen LogP contribution in [0, 0.1) is 0 Å². The number of hydrogen-bond acceptors (Lipinski definition) is 6. The van der Waals surface area contributed by atoms with E-state index in [0.717, 1.165) is 5.56 Å². The molecule has 1 aromatic rings. The molecular formula is C14H18O6. The largest absolute Gasteiger partial charge is 0.387 e. The molecule has 0 radical (unpaired) electrons. The van der Waals surface area contributed by atoms with Gasteiger partial charge in [-0.1, -0.05) is 30.3 Å². The minimum atomic E-state index is -1.14. The molecule has 0 saturated carbocycles. The minimum absolute atomic E-state index is 0.272. The number of fused-ring (bicyclic) bond motifs is 1. The van der Waals surface area contributed by atoms with E-state index >= 15 is 0 Å². The highest BCUT2D eigenvalue weighted by Gasteiger charge is 2.48. The molecule has 6 heteroatoms. The topological polar surface area (TPSA) is 77.4 Å². The van der Waals surface area contributed by atoms with Gasteiger partial charge in [0.1, 0.15) is 24.4 Å². The summed E-state index contributed by atoms with van der Waals surface area (Å²) >= 11 is 0. The van der Waals surface area contributed by atoms with Crippen LogP contribution in [0.5, 0.6) is 0 Å². The van der Waals surface area contributed by atoms with Crippen LogP contribution >= 0.6 is 0 Å². The fraction of sp³-hybridized carbons (Fsp3) is 0.571. The summed E-state index contributed by atoms with van der Waals surface area (Å²) in [6.45, 7) is 0.272. The Bertz CT molecular complexity index is 437. The Balaban J connectivity index is 1.74. The first-order valence-electron chi connectivity index (χ1n) is 6.57. The first-order valence-corrected chi connectivity index (χ1v) is 6.57. The molecule has 0 bridgehead atoms. The number of benzene rings is 1. The molecule has 2 unspecified atom stereocenters. The van der Waals surface area contributed by atoms with E-state index in [1.165, 1.54) is 7.11 Å². The molecule has 2 fully saturated rings. The maximum Gasteiger partial charge on any atom is 0.186 e. The van der Waals surface area contributed by atoms with E-state index in [2.05, 4.69) is 0 Å². The lowest BCUT2D eigenvalue weighted by Crippen LogP contribution is -2.62. The molecule has 0 amide bonds. The predicted octanol–water partition coefficient (Wildman–Crippen LogP) is 0.194. The maximum atomic E-state index is 10.1. The van der Waals surface area contributed by atoms with Crippen molar-refractivity contribution in [3.8, 4) is 0 Å². The average Bonchev–Trinajstić information content (AvgIpc) is 2.51. The predicted molar refractivity (Wildman–Crippen MR) is 67.7 cm³/mol. The minimum Gasteiger partial charge on any atom is -0.387 e. The third-order valence-corrected chi connectivity index (χ3v) is 3.64. The third kappa shape index (κ3) is 2.46. The Morgan fingerprint density at radius 1 is 1.10 bits per heavy atom. The van der Waals surface area contributed by atoms with Crippen LogP contribution in [-0.4, -0.2) is 54.6 Å². The van der Waals surface area contributed by atoms with Crippen LogP contribution in [0.25, 0.3) is 0 Å². The number of methoxy groups -OCH3 is 1. The van der Waals surface area contributed by atoms with Crippen LogP contribution < -0.4 is 0 Å². The van der Waals surface area contributed by atoms with Crippen LogP contribution in [0.2, 0.25) is 0 Å². The second kappa shape index (κ2) is 5.77. The Morgan fingerprint density at radius 2 is 1.85 bits per heavy atom. The number of aliphatic hydroxyl groups is 2. The van der Waals surface area contributed by atoms with Crippen LogP contribution in [-0.2, 0) is 18.9 Å². The average molecular weight is 282 g/mol. The summed E-state index contributed by atoms with van der Waals surface area (Å²) in [6, 6.07) is 9.45. The lowest BCUT2D eigenvalue weighted by atomic mass is 9.98. The van der Waals surface area contributed by atoms with Crippen LogP contribution in [0.1, 0.15) is 11.9 Å². The first kappa shape index (κ1) is 13.9. The van der Waals surface area contributed by atoms with Crippen LogP contribution in [0.15, 0.2) is 30.3 Å². The van der Waals surface area contributed by atoms with E-state index in [-0.39, 0.29) is 6.61 Å². The Labute approximate surface area is 116 Å². The van der Waals surface area contributed by atoms with Gasteiger partial charge in [0.05, 0.1) is 6.61 Å². The second-order valence-corrected chi connectivity index (χ2v) is 4.94. The molecule has 1 aromatic carbocycles. The SMILES string of the molecule is CO[C@@H]1OC2CO[C@H](c3ccccc3)OC2[C@@H](O)[C@@H]1O. The highest BCUT2D eigenvalue weighted by molar-refractivity contribution is 5.16. The second-order valence-electron chi connectivity index (χ2n) is 4.94. The van der Waals surface area contributed by atoms with Crippen molar-refractivity contribution in [2.75, 3.05) is 13.7 Å². The Kier molecular flexibility index (Phi) is 4.02. The molecule has 2 heterocycles. The smallest absolute Gasteiger partial charge is 0.186 e. The van der Waals surface area contributed by atoms with Gasteiger partial charge in [-0.15, -0.1) is 0 Å². The van der Waals surface area contributed by atoms with Gasteiger partial charge in [0.15, 0.2) is 12.6 Å². The molecule has 2 saturated heterocycles. The molecule has 3 rings (SSSR count). The summed E-state index contributed by atoms with van der Waals surface area (Å²) in [5.74, 6) is 0. The lowest BCUT2D eigenvalue weighted by Gasteiger charge is -2.45.